The van der Waals surface area contributed by atoms with E-state index in [0.29, 0.717) is 36.0 Å². The Labute approximate surface area is 449 Å². The molecule has 1 unspecified atom stereocenters. The molecule has 2 aromatic heterocycles. The fraction of sp³-hybridized carbons (Fsp3) is 0.582. The van der Waals surface area contributed by atoms with E-state index in [9.17, 15) is 41.6 Å². The van der Waals surface area contributed by atoms with Crippen LogP contribution in [0.15, 0.2) is 60.8 Å². The Morgan fingerprint density at radius 1 is 0.818 bits per heavy atom. The molecule has 22 heteroatoms. The summed E-state index contributed by atoms with van der Waals surface area (Å²) in [5.41, 5.74) is 1.68. The number of benzene rings is 2. The zero-order valence-corrected chi connectivity index (χ0v) is 45.8. The first-order chi connectivity index (χ1) is 36.6. The van der Waals surface area contributed by atoms with E-state index in [1.54, 1.807) is 61.2 Å². The fourth-order valence-corrected chi connectivity index (χ4v) is 13.8. The second-order valence-electron chi connectivity index (χ2n) is 22.8. The number of carbonyl (C=O) groups excluding carboxylic acids is 6. The molecule has 0 radical (unpaired) electrons. The maximum atomic E-state index is 14.9. The quantitative estimate of drug-likeness (QED) is 0.0871. The molecule has 20 nitrogen and oxygen atoms in total. The number of anilines is 1. The number of amides is 6. The molecule has 9 rings (SSSR count). The maximum Gasteiger partial charge on any atom is 0.410 e. The van der Waals surface area contributed by atoms with Crippen LogP contribution in [0.5, 0.6) is 0 Å². The first-order valence-corrected chi connectivity index (χ1v) is 28.9. The summed E-state index contributed by atoms with van der Waals surface area (Å²) in [5, 5.41) is 16.6. The number of nitrogens with one attached hydrogen (secondary N) is 6. The average Bonchev–Trinajstić information content (AvgIpc) is 4.32. The van der Waals surface area contributed by atoms with E-state index < -0.39 is 93.5 Å². The molecule has 6 heterocycles. The summed E-state index contributed by atoms with van der Waals surface area (Å²) in [7, 11) is -2.07. The predicted molar refractivity (Wildman–Crippen MR) is 288 cm³/mol. The minimum Gasteiger partial charge on any atom is -0.448 e. The van der Waals surface area contributed by atoms with E-state index in [4.69, 9.17) is 4.74 Å². The molecule has 6 N–H and O–H groups in total. The Bertz CT molecular complexity index is 2990. The summed E-state index contributed by atoms with van der Waals surface area (Å²) in [6, 6.07) is 9.90. The third-order valence-corrected chi connectivity index (χ3v) is 18.0. The van der Waals surface area contributed by atoms with E-state index in [2.05, 4.69) is 36.6 Å². The molecule has 5 aliphatic rings. The summed E-state index contributed by atoms with van der Waals surface area (Å²) in [5.74, 6) is -3.56. The zero-order chi connectivity index (χ0) is 55.1. The molecule has 77 heavy (non-hydrogen) atoms. The molecule has 0 bridgehead atoms. The van der Waals surface area contributed by atoms with Gasteiger partial charge >= 0.3 is 6.09 Å². The van der Waals surface area contributed by atoms with Crippen LogP contribution in [0.3, 0.4) is 0 Å². The number of pyridine rings is 1. The van der Waals surface area contributed by atoms with Gasteiger partial charge in [-0.1, -0.05) is 58.2 Å². The second kappa shape index (κ2) is 22.6. The molecule has 5 fully saturated rings. The van der Waals surface area contributed by atoms with Crippen LogP contribution < -0.4 is 26.6 Å². The SMILES string of the molecule is CN[C@@H](C)C(=O)N[C@H](C(=O)N1CC[C@@H]2[C@H]1[C@@H](c1cc3cc(F)ccc3[nH]1)CN2C(=O)OCCN[C@@H](C)C(=O)N[C@H](C(=O)N1CC[C@@H]2[C@H]1C(C(=O)Nc1cccc3cccnc13)CN2S(C)(=O)=O)C(C)(C)C)C1CCCCC1. The highest BCUT2D eigenvalue weighted by Crippen LogP contribution is 2.44. The molecule has 10 atom stereocenters. The number of hydrogen-bond donors (Lipinski definition) is 6. The van der Waals surface area contributed by atoms with Crippen molar-refractivity contribution in [2.45, 2.75) is 134 Å². The Balaban J connectivity index is 0.851. The number of likely N-dealkylation sites (N-methyl/N-ethyl adjacent to an activating group) is 1. The molecule has 4 saturated heterocycles. The van der Waals surface area contributed by atoms with E-state index in [-0.39, 0.29) is 62.3 Å². The van der Waals surface area contributed by atoms with Gasteiger partial charge in [0.05, 0.1) is 53.6 Å². The normalized spacial score (nSPS) is 24.5. The molecule has 6 amide bonds. The zero-order valence-electron chi connectivity index (χ0n) is 45.0. The van der Waals surface area contributed by atoms with Gasteiger partial charge in [0.1, 0.15) is 24.5 Å². The number of hydrogen-bond acceptors (Lipinski definition) is 12. The number of likely N-dealkylation sites (tertiary alicyclic amines) is 3. The Hall–Kier alpha value is -6.23. The van der Waals surface area contributed by atoms with Gasteiger partial charge in [-0.05, 0) is 94.3 Å². The van der Waals surface area contributed by atoms with Crippen LogP contribution in [0.25, 0.3) is 21.8 Å². The van der Waals surface area contributed by atoms with Crippen LogP contribution in [0.2, 0.25) is 0 Å². The van der Waals surface area contributed by atoms with Crippen molar-refractivity contribution in [2.75, 3.05) is 58.0 Å². The largest absolute Gasteiger partial charge is 0.448 e. The van der Waals surface area contributed by atoms with Crippen LogP contribution in [-0.4, -0.2) is 174 Å². The Morgan fingerprint density at radius 2 is 1.52 bits per heavy atom. The van der Waals surface area contributed by atoms with E-state index in [1.165, 1.54) is 16.4 Å². The maximum absolute atomic E-state index is 14.9. The second-order valence-corrected chi connectivity index (χ2v) is 24.7. The lowest BCUT2D eigenvalue weighted by atomic mass is 9.83. The smallest absolute Gasteiger partial charge is 0.410 e. The molecule has 1 saturated carbocycles. The van der Waals surface area contributed by atoms with Gasteiger partial charge in [0.2, 0.25) is 39.6 Å². The summed E-state index contributed by atoms with van der Waals surface area (Å²) >= 11 is 0. The molecule has 4 aromatic rings. The lowest BCUT2D eigenvalue weighted by Gasteiger charge is -2.37. The topological polar surface area (TPSA) is 248 Å². The monoisotopic (exact) mass is 1080 g/mol. The van der Waals surface area contributed by atoms with Gasteiger partial charge in [-0.15, -0.1) is 0 Å². The highest BCUT2D eigenvalue weighted by Gasteiger charge is 2.57. The van der Waals surface area contributed by atoms with Gasteiger partial charge in [0, 0.05) is 72.9 Å². The number of carbonyl (C=O) groups is 6. The third-order valence-electron chi connectivity index (χ3n) is 16.7. The summed E-state index contributed by atoms with van der Waals surface area (Å²) in [6.07, 6.45) is 7.53. The van der Waals surface area contributed by atoms with Crippen molar-refractivity contribution in [3.63, 3.8) is 0 Å². The number of rotatable bonds is 16. The molecule has 0 spiro atoms. The molecular formula is C55H74FN11O9S. The minimum atomic E-state index is -3.77. The van der Waals surface area contributed by atoms with Gasteiger partial charge < -0.3 is 51.0 Å². The number of H-pyrrole nitrogens is 1. The van der Waals surface area contributed by atoms with Crippen molar-refractivity contribution < 1.29 is 46.3 Å². The van der Waals surface area contributed by atoms with Gasteiger partial charge in [-0.2, -0.15) is 4.31 Å². The number of fused-ring (bicyclic) bond motifs is 4. The number of sulfonamides is 1. The van der Waals surface area contributed by atoms with Gasteiger partial charge in [0.25, 0.3) is 0 Å². The number of aromatic amines is 1. The van der Waals surface area contributed by atoms with Crippen molar-refractivity contribution in [3.05, 3.63) is 72.3 Å². The first kappa shape index (κ1) is 55.5. The standard InChI is InChI=1S/C55H74FN11O9S/c1-31(57-6)49(68)62-45(34-13-9-8-10-14-34)52(71)64-24-20-42-46(64)37(41-28-35-27-36(56)18-19-39(35)60-41)29-66(42)54(73)76-26-23-58-32(2)50(69)63-48(55(3,4)5)53(72)65-25-21-43-47(65)38(30-67(43)77(7,74)75)51(70)61-40-17-11-15-33-16-12-22-59-44(33)40/h11-12,15-19,22,27-28,31-32,34,37-38,42-43,45-48,57-58,60H,8-10,13-14,20-21,23-26,29-30H2,1-7H3,(H,61,70)(H,62,68)(H,63,69)/t31-,32-,37+,38?,42+,43+,45-,46+,47+,48+/m0/s1. The Kier molecular flexibility index (Phi) is 16.3. The van der Waals surface area contributed by atoms with Crippen molar-refractivity contribution in [2.24, 2.45) is 17.3 Å². The molecule has 2 aromatic carbocycles. The van der Waals surface area contributed by atoms with Crippen molar-refractivity contribution in [3.8, 4) is 0 Å². The Morgan fingerprint density at radius 3 is 2.23 bits per heavy atom. The first-order valence-electron chi connectivity index (χ1n) is 27.1. The fourth-order valence-electron chi connectivity index (χ4n) is 12.6. The molecule has 416 valence electrons. The van der Waals surface area contributed by atoms with Crippen molar-refractivity contribution >= 4 is 73.1 Å². The molecular weight excluding hydrogens is 1010 g/mol. The minimum absolute atomic E-state index is 0.0370. The van der Waals surface area contributed by atoms with Gasteiger partial charge in [-0.25, -0.2) is 17.6 Å². The summed E-state index contributed by atoms with van der Waals surface area (Å²) in [6.45, 7) is 9.41. The highest BCUT2D eigenvalue weighted by atomic mass is 32.2. The van der Waals surface area contributed by atoms with Gasteiger partial charge in [0.15, 0.2) is 0 Å². The third kappa shape index (κ3) is 11.5. The van der Waals surface area contributed by atoms with Crippen LogP contribution in [0.4, 0.5) is 14.9 Å². The van der Waals surface area contributed by atoms with Crippen molar-refractivity contribution in [1.29, 1.82) is 0 Å². The predicted octanol–water partition coefficient (Wildman–Crippen LogP) is 4.04. The molecule has 1 aliphatic carbocycles. The van der Waals surface area contributed by atoms with Crippen molar-refractivity contribution in [1.82, 2.24) is 50.2 Å². The lowest BCUT2D eigenvalue weighted by Crippen LogP contribution is -2.59. The summed E-state index contributed by atoms with van der Waals surface area (Å²) in [4.78, 5) is 98.2. The number of nitrogens with zero attached hydrogens (tertiary/aromatic N) is 5. The van der Waals surface area contributed by atoms with E-state index >= 15 is 0 Å². The van der Waals surface area contributed by atoms with Crippen LogP contribution in [0.1, 0.15) is 91.2 Å². The number of halogens is 1. The van der Waals surface area contributed by atoms with Crippen LogP contribution in [-0.2, 0) is 38.7 Å². The lowest BCUT2D eigenvalue weighted by molar-refractivity contribution is -0.141. The number of aromatic nitrogens is 2. The number of para-hydroxylation sites is 1. The summed E-state index contributed by atoms with van der Waals surface area (Å²) < 4.78 is 47.9. The van der Waals surface area contributed by atoms with Gasteiger partial charge in [-0.3, -0.25) is 29.0 Å². The number of ether oxygens (including phenoxy) is 1. The van der Waals surface area contributed by atoms with Crippen LogP contribution in [0, 0.1) is 23.1 Å². The highest BCUT2D eigenvalue weighted by molar-refractivity contribution is 7.88. The van der Waals surface area contributed by atoms with E-state index in [0.717, 1.165) is 55.0 Å². The van der Waals surface area contributed by atoms with Crippen LogP contribution >= 0.6 is 0 Å². The van der Waals surface area contributed by atoms with E-state index in [1.807, 2.05) is 43.9 Å². The molecule has 4 aliphatic heterocycles. The average molecular weight is 1080 g/mol.